The van der Waals surface area contributed by atoms with Crippen molar-refractivity contribution in [3.8, 4) is 0 Å². The van der Waals surface area contributed by atoms with Gasteiger partial charge in [0.25, 0.3) is 6.43 Å². The predicted octanol–water partition coefficient (Wildman–Crippen LogP) is -0.564. The lowest BCUT2D eigenvalue weighted by atomic mass is 10.2. The molecule has 7 heteroatoms. The fourth-order valence-corrected chi connectivity index (χ4v) is 1.19. The summed E-state index contributed by atoms with van der Waals surface area (Å²) in [6, 6.07) is 0. The summed E-state index contributed by atoms with van der Waals surface area (Å²) in [5.41, 5.74) is 5.31. The van der Waals surface area contributed by atoms with Crippen LogP contribution in [0.15, 0.2) is 0 Å². The first-order valence-electron chi connectivity index (χ1n) is 4.94. The number of nitrogens with two attached hydrogens (primary N) is 1. The zero-order valence-electron chi connectivity index (χ0n) is 9.23. The zero-order chi connectivity index (χ0) is 12.6. The Bertz CT molecular complexity index is 201. The molecule has 0 bridgehead atoms. The number of rotatable bonds is 8. The number of nitrogens with zero attached hydrogens (tertiary/aromatic N) is 1. The Morgan fingerprint density at radius 1 is 1.56 bits per heavy atom. The van der Waals surface area contributed by atoms with Crippen molar-refractivity contribution in [2.24, 2.45) is 5.73 Å². The third kappa shape index (κ3) is 5.94. The largest absolute Gasteiger partial charge is 0.395 e. The van der Waals surface area contributed by atoms with Crippen molar-refractivity contribution in [3.05, 3.63) is 0 Å². The van der Waals surface area contributed by atoms with E-state index in [1.54, 1.807) is 0 Å². The molecule has 0 heterocycles. The van der Waals surface area contributed by atoms with Crippen LogP contribution in [0, 0.1) is 0 Å². The molecule has 0 spiro atoms. The molecule has 0 aliphatic carbocycles. The van der Waals surface area contributed by atoms with Gasteiger partial charge in [-0.15, -0.1) is 0 Å². The second-order valence-electron chi connectivity index (χ2n) is 3.25. The molecule has 0 rings (SSSR count). The van der Waals surface area contributed by atoms with E-state index in [1.807, 2.05) is 0 Å². The monoisotopic (exact) mass is 240 g/mol. The first kappa shape index (κ1) is 15.2. The predicted molar refractivity (Wildman–Crippen MR) is 54.1 cm³/mol. The minimum absolute atomic E-state index is 0.0558. The van der Waals surface area contributed by atoms with Crippen LogP contribution in [0.2, 0.25) is 0 Å². The molecule has 0 saturated heterocycles. The van der Waals surface area contributed by atoms with E-state index in [-0.39, 0.29) is 26.1 Å². The van der Waals surface area contributed by atoms with Crippen molar-refractivity contribution >= 4 is 5.91 Å². The fraction of sp³-hybridized carbons (Fsp3) is 0.889. The summed E-state index contributed by atoms with van der Waals surface area (Å²) in [4.78, 5) is 12.5. The number of hydrogen-bond donors (Lipinski definition) is 2. The second kappa shape index (κ2) is 8.37. The number of aliphatic hydroxyl groups excluding tert-OH is 1. The fourth-order valence-electron chi connectivity index (χ4n) is 1.19. The third-order valence-electron chi connectivity index (χ3n) is 2.08. The van der Waals surface area contributed by atoms with Crippen LogP contribution in [-0.2, 0) is 9.53 Å². The summed E-state index contributed by atoms with van der Waals surface area (Å²) >= 11 is 0. The lowest BCUT2D eigenvalue weighted by Crippen LogP contribution is -2.40. The normalized spacial score (nSPS) is 12.9. The zero-order valence-corrected chi connectivity index (χ0v) is 9.23. The highest BCUT2D eigenvalue weighted by Gasteiger charge is 2.20. The van der Waals surface area contributed by atoms with Gasteiger partial charge in [-0.25, -0.2) is 8.78 Å². The second-order valence-corrected chi connectivity index (χ2v) is 3.25. The summed E-state index contributed by atoms with van der Waals surface area (Å²) in [7, 11) is 1.40. The molecule has 0 fully saturated rings. The highest BCUT2D eigenvalue weighted by molar-refractivity contribution is 5.76. The molecule has 1 unspecified atom stereocenters. The highest BCUT2D eigenvalue weighted by atomic mass is 19.3. The third-order valence-corrected chi connectivity index (χ3v) is 2.08. The lowest BCUT2D eigenvalue weighted by Gasteiger charge is -2.23. The van der Waals surface area contributed by atoms with Crippen LogP contribution in [-0.4, -0.2) is 61.8 Å². The molecule has 0 radical (unpaired) electrons. The quantitative estimate of drug-likeness (QED) is 0.596. The van der Waals surface area contributed by atoms with E-state index in [4.69, 9.17) is 15.6 Å². The number of methoxy groups -OCH3 is 1. The molecule has 0 saturated carbocycles. The number of halogens is 2. The maximum atomic E-state index is 12.1. The number of ether oxygens (including phenoxy) is 1. The van der Waals surface area contributed by atoms with E-state index in [2.05, 4.69) is 0 Å². The van der Waals surface area contributed by atoms with E-state index in [9.17, 15) is 13.6 Å². The summed E-state index contributed by atoms with van der Waals surface area (Å²) in [6.45, 7) is -0.993. The molecule has 5 nitrogen and oxygen atoms in total. The Labute approximate surface area is 93.2 Å². The molecule has 16 heavy (non-hydrogen) atoms. The Kier molecular flexibility index (Phi) is 7.96. The molecule has 0 aliphatic rings. The number of amides is 1. The molecular weight excluding hydrogens is 222 g/mol. The summed E-state index contributed by atoms with van der Waals surface area (Å²) in [6.07, 6.45) is -3.15. The van der Waals surface area contributed by atoms with Crippen molar-refractivity contribution < 1.29 is 23.4 Å². The van der Waals surface area contributed by atoms with Gasteiger partial charge in [-0.1, -0.05) is 0 Å². The van der Waals surface area contributed by atoms with E-state index < -0.39 is 25.0 Å². The van der Waals surface area contributed by atoms with E-state index in [1.165, 1.54) is 7.11 Å². The molecule has 3 N–H and O–H groups in total. The highest BCUT2D eigenvalue weighted by Crippen LogP contribution is 2.04. The van der Waals surface area contributed by atoms with Crippen LogP contribution in [0.3, 0.4) is 0 Å². The van der Waals surface area contributed by atoms with Crippen LogP contribution >= 0.6 is 0 Å². The molecule has 96 valence electrons. The number of carbonyl (C=O) groups is 1. The van der Waals surface area contributed by atoms with Gasteiger partial charge in [0.2, 0.25) is 5.91 Å². The minimum atomic E-state index is -2.62. The molecular formula is C9H18F2N2O3. The van der Waals surface area contributed by atoms with Crippen LogP contribution < -0.4 is 5.73 Å². The Hall–Kier alpha value is -0.790. The maximum Gasteiger partial charge on any atom is 0.255 e. The average Bonchev–Trinajstić information content (AvgIpc) is 2.24. The van der Waals surface area contributed by atoms with E-state index >= 15 is 0 Å². The Balaban J connectivity index is 4.25. The number of aliphatic hydroxyl groups is 1. The van der Waals surface area contributed by atoms with Crippen LogP contribution in [0.5, 0.6) is 0 Å². The topological polar surface area (TPSA) is 75.8 Å². The van der Waals surface area contributed by atoms with Crippen molar-refractivity contribution in [1.82, 2.24) is 4.90 Å². The van der Waals surface area contributed by atoms with Gasteiger partial charge in [0.15, 0.2) is 0 Å². The molecule has 0 aromatic carbocycles. The SMILES string of the molecule is COC(CN)CC(=O)N(CCO)CC(F)F. The standard InChI is InChI=1S/C9H18F2N2O3/c1-16-7(5-12)4-9(15)13(2-3-14)6-8(10)11/h7-8,14H,2-6,12H2,1H3. The molecule has 0 aromatic rings. The van der Waals surface area contributed by atoms with Gasteiger partial charge in [0, 0.05) is 20.2 Å². The van der Waals surface area contributed by atoms with Gasteiger partial charge < -0.3 is 20.5 Å². The first-order chi connectivity index (χ1) is 7.54. The smallest absolute Gasteiger partial charge is 0.255 e. The van der Waals surface area contributed by atoms with E-state index in [0.29, 0.717) is 0 Å². The van der Waals surface area contributed by atoms with Crippen LogP contribution in [0.1, 0.15) is 6.42 Å². The van der Waals surface area contributed by atoms with Crippen molar-refractivity contribution in [2.45, 2.75) is 19.0 Å². The van der Waals surface area contributed by atoms with Crippen LogP contribution in [0.25, 0.3) is 0 Å². The molecule has 1 atom stereocenters. The Morgan fingerprint density at radius 2 is 2.19 bits per heavy atom. The summed E-state index contributed by atoms with van der Waals surface area (Å²) in [5.74, 6) is -0.494. The average molecular weight is 240 g/mol. The molecule has 1 amide bonds. The summed E-state index contributed by atoms with van der Waals surface area (Å²) < 4.78 is 29.2. The van der Waals surface area contributed by atoms with E-state index in [0.717, 1.165) is 4.90 Å². The van der Waals surface area contributed by atoms with Crippen molar-refractivity contribution in [2.75, 3.05) is 33.4 Å². The Morgan fingerprint density at radius 3 is 2.56 bits per heavy atom. The van der Waals surface area contributed by atoms with Gasteiger partial charge in [-0.2, -0.15) is 0 Å². The van der Waals surface area contributed by atoms with Gasteiger partial charge in [-0.3, -0.25) is 4.79 Å². The maximum absolute atomic E-state index is 12.1. The number of carbonyl (C=O) groups excluding carboxylic acids is 1. The van der Waals surface area contributed by atoms with Gasteiger partial charge in [0.05, 0.1) is 25.7 Å². The van der Waals surface area contributed by atoms with Crippen molar-refractivity contribution in [1.29, 1.82) is 0 Å². The molecule has 0 aliphatic heterocycles. The minimum Gasteiger partial charge on any atom is -0.395 e. The number of alkyl halides is 2. The van der Waals surface area contributed by atoms with Gasteiger partial charge in [-0.05, 0) is 0 Å². The number of hydrogen-bond acceptors (Lipinski definition) is 4. The van der Waals surface area contributed by atoms with Crippen LogP contribution in [0.4, 0.5) is 8.78 Å². The lowest BCUT2D eigenvalue weighted by molar-refractivity contribution is -0.136. The molecule has 0 aromatic heterocycles. The van der Waals surface area contributed by atoms with Gasteiger partial charge >= 0.3 is 0 Å². The van der Waals surface area contributed by atoms with Gasteiger partial charge in [0.1, 0.15) is 0 Å². The summed E-state index contributed by atoms with van der Waals surface area (Å²) in [5, 5.41) is 8.65. The first-order valence-corrected chi connectivity index (χ1v) is 4.94. The van der Waals surface area contributed by atoms with Crippen molar-refractivity contribution in [3.63, 3.8) is 0 Å².